The van der Waals surface area contributed by atoms with Crippen LogP contribution < -0.4 is 31.1 Å². The molecule has 8 rings (SSSR count). The van der Waals surface area contributed by atoms with Crippen molar-refractivity contribution in [2.75, 3.05) is 71.5 Å². The van der Waals surface area contributed by atoms with E-state index in [4.69, 9.17) is 15.0 Å². The minimum absolute atomic E-state index is 0.0199. The molecule has 48 heavy (non-hydrogen) atoms. The molecule has 17 nitrogen and oxygen atoms in total. The molecular formula is C31H36N10O7. The number of amides is 2. The number of carbonyl (C=O) groups is 3. The second-order valence-corrected chi connectivity index (χ2v) is 11.4. The van der Waals surface area contributed by atoms with E-state index in [-0.39, 0.29) is 23.7 Å². The van der Waals surface area contributed by atoms with Gasteiger partial charge in [-0.25, -0.2) is 24.4 Å². The van der Waals surface area contributed by atoms with Crippen LogP contribution in [0.2, 0.25) is 0 Å². The van der Waals surface area contributed by atoms with Crippen molar-refractivity contribution < 1.29 is 32.9 Å². The van der Waals surface area contributed by atoms with Gasteiger partial charge in [-0.05, 0) is 49.9 Å². The first-order valence-corrected chi connectivity index (χ1v) is 15.5. The van der Waals surface area contributed by atoms with Gasteiger partial charge in [0.15, 0.2) is 34.7 Å². The number of hydrogen-bond acceptors (Lipinski definition) is 15. The van der Waals surface area contributed by atoms with E-state index in [1.807, 2.05) is 12.1 Å². The molecule has 2 amide bonds. The number of methoxy groups -OCH3 is 2. The van der Waals surface area contributed by atoms with Gasteiger partial charge in [0, 0.05) is 44.4 Å². The topological polar surface area (TPSA) is 207 Å². The van der Waals surface area contributed by atoms with Gasteiger partial charge in [0.2, 0.25) is 0 Å². The van der Waals surface area contributed by atoms with E-state index in [0.717, 1.165) is 56.2 Å². The summed E-state index contributed by atoms with van der Waals surface area (Å²) in [7, 11) is 2.67. The van der Waals surface area contributed by atoms with E-state index in [1.54, 1.807) is 29.2 Å². The molecule has 2 fully saturated rings. The van der Waals surface area contributed by atoms with Crippen LogP contribution in [0.1, 0.15) is 46.7 Å². The molecule has 0 aliphatic carbocycles. The van der Waals surface area contributed by atoms with Crippen LogP contribution in [0, 0.1) is 0 Å². The molecule has 0 aromatic carbocycles. The van der Waals surface area contributed by atoms with Crippen molar-refractivity contribution in [3.63, 3.8) is 0 Å². The summed E-state index contributed by atoms with van der Waals surface area (Å²) in [6.07, 6.45) is 7.03. The van der Waals surface area contributed by atoms with E-state index in [1.165, 1.54) is 39.6 Å². The van der Waals surface area contributed by atoms with Gasteiger partial charge < -0.3 is 39.4 Å². The first-order chi connectivity index (χ1) is 23.3. The summed E-state index contributed by atoms with van der Waals surface area (Å²) in [5.41, 5.74) is 7.53. The Kier molecular flexibility index (Phi) is 9.54. The Balaban J connectivity index is 0.000000149. The van der Waals surface area contributed by atoms with Crippen LogP contribution in [0.4, 0.5) is 39.4 Å². The standard InChI is InChI=1S/C16H17N5O4.C12H15N3O2.C3H4N2O/c1-24-15(22)11-4-5-12-14(17-11)21(10-3-2-7-20(12)9-10)16(23)18-13-6-8-25-19-13;1-17-12(16)9-4-5-10-11(14-9)13-8-3-2-6-15(10)7-8;4-3-1-2-6-5-3/h4-6,8,10H,2-3,7,9H2,1H3,(H,18,19,23);4-5,8H,2-3,6-7H2,1H3,(H,13,14);1-2H,(H2,4,5)/t10-;8-;/m00./s1. The summed E-state index contributed by atoms with van der Waals surface area (Å²) >= 11 is 0. The lowest BCUT2D eigenvalue weighted by molar-refractivity contribution is 0.0585. The van der Waals surface area contributed by atoms with E-state index < -0.39 is 5.97 Å². The van der Waals surface area contributed by atoms with Crippen LogP contribution in [0.3, 0.4) is 0 Å². The number of rotatable bonds is 3. The molecular weight excluding hydrogens is 624 g/mol. The largest absolute Gasteiger partial charge is 0.464 e. The predicted octanol–water partition coefficient (Wildman–Crippen LogP) is 3.40. The maximum absolute atomic E-state index is 12.8. The molecule has 17 heteroatoms. The highest BCUT2D eigenvalue weighted by molar-refractivity contribution is 6.04. The monoisotopic (exact) mass is 660 g/mol. The molecule has 0 spiro atoms. The highest BCUT2D eigenvalue weighted by atomic mass is 16.5. The number of esters is 2. The molecule has 0 saturated carbocycles. The highest BCUT2D eigenvalue weighted by Gasteiger charge is 2.39. The van der Waals surface area contributed by atoms with Gasteiger partial charge in [0.05, 0.1) is 31.6 Å². The smallest absolute Gasteiger partial charge is 0.356 e. The molecule has 4 aliphatic heterocycles. The second kappa shape index (κ2) is 14.3. The van der Waals surface area contributed by atoms with Crippen molar-refractivity contribution in [3.8, 4) is 0 Å². The van der Waals surface area contributed by atoms with Crippen molar-refractivity contribution >= 4 is 52.6 Å². The van der Waals surface area contributed by atoms with Crippen molar-refractivity contribution in [1.29, 1.82) is 0 Å². The van der Waals surface area contributed by atoms with Gasteiger partial charge >= 0.3 is 18.0 Å². The molecule has 0 unspecified atom stereocenters. The Morgan fingerprint density at radius 2 is 1.52 bits per heavy atom. The number of anilines is 6. The number of urea groups is 1. The predicted molar refractivity (Wildman–Crippen MR) is 174 cm³/mol. The number of fused-ring (bicyclic) bond motifs is 8. The zero-order valence-electron chi connectivity index (χ0n) is 26.5. The normalized spacial score (nSPS) is 18.3. The third kappa shape index (κ3) is 6.93. The fraction of sp³-hybridized carbons (Fsp3) is 0.387. The van der Waals surface area contributed by atoms with E-state index in [9.17, 15) is 14.4 Å². The number of carbonyl (C=O) groups excluding carboxylic acids is 3. The second-order valence-electron chi connectivity index (χ2n) is 11.4. The van der Waals surface area contributed by atoms with Crippen molar-refractivity contribution in [2.45, 2.75) is 37.8 Å². The molecule has 2 atom stereocenters. The first-order valence-electron chi connectivity index (χ1n) is 15.5. The first kappa shape index (κ1) is 32.1. The number of nitrogens with one attached hydrogen (secondary N) is 2. The Labute approximate surface area is 275 Å². The SMILES string of the molecule is COC(=O)c1ccc2c(n1)N(C(=O)Nc1ccon1)[C@H]1CCCN2C1.COC(=O)c1ccc2c(n1)N[C@H]1CCCN2C1.Nc1ccon1. The molecule has 4 aromatic rings. The molecule has 8 heterocycles. The Hall–Kier alpha value is -5.87. The van der Waals surface area contributed by atoms with Gasteiger partial charge in [-0.15, -0.1) is 0 Å². The maximum atomic E-state index is 12.8. The third-order valence-corrected chi connectivity index (χ3v) is 8.30. The number of aromatic nitrogens is 4. The summed E-state index contributed by atoms with van der Waals surface area (Å²) in [5.74, 6) is 1.10. The number of nitrogens with zero attached hydrogens (tertiary/aromatic N) is 7. The van der Waals surface area contributed by atoms with Crippen LogP contribution in [0.15, 0.2) is 58.0 Å². The Morgan fingerprint density at radius 1 is 0.854 bits per heavy atom. The molecule has 4 N–H and O–H groups in total. The number of nitrogen functional groups attached to an aromatic ring is 1. The van der Waals surface area contributed by atoms with Gasteiger partial charge in [0.25, 0.3) is 0 Å². The number of nitrogens with two attached hydrogens (primary N) is 1. The lowest BCUT2D eigenvalue weighted by Crippen LogP contribution is -2.56. The Bertz CT molecular complexity index is 1730. The fourth-order valence-corrected chi connectivity index (χ4v) is 6.11. The number of hydrogen-bond donors (Lipinski definition) is 3. The lowest BCUT2D eigenvalue weighted by Gasteiger charge is -2.45. The fourth-order valence-electron chi connectivity index (χ4n) is 6.11. The van der Waals surface area contributed by atoms with Gasteiger partial charge in [-0.3, -0.25) is 10.2 Å². The van der Waals surface area contributed by atoms with Crippen LogP contribution >= 0.6 is 0 Å². The van der Waals surface area contributed by atoms with E-state index >= 15 is 0 Å². The van der Waals surface area contributed by atoms with E-state index in [0.29, 0.717) is 29.2 Å². The van der Waals surface area contributed by atoms with Crippen LogP contribution in [-0.2, 0) is 9.47 Å². The third-order valence-electron chi connectivity index (χ3n) is 8.30. The quantitative estimate of drug-likeness (QED) is 0.269. The summed E-state index contributed by atoms with van der Waals surface area (Å²) < 4.78 is 18.5. The minimum atomic E-state index is -0.537. The highest BCUT2D eigenvalue weighted by Crippen LogP contribution is 2.38. The summed E-state index contributed by atoms with van der Waals surface area (Å²) in [4.78, 5) is 51.0. The van der Waals surface area contributed by atoms with Gasteiger partial charge in [0.1, 0.15) is 12.5 Å². The zero-order chi connectivity index (χ0) is 33.6. The van der Waals surface area contributed by atoms with Crippen LogP contribution in [0.5, 0.6) is 0 Å². The van der Waals surface area contributed by atoms with Crippen LogP contribution in [0.25, 0.3) is 0 Å². The van der Waals surface area contributed by atoms with Crippen molar-refractivity contribution in [3.05, 3.63) is 60.3 Å². The van der Waals surface area contributed by atoms with E-state index in [2.05, 4.69) is 50.0 Å². The van der Waals surface area contributed by atoms with Gasteiger partial charge in [-0.1, -0.05) is 10.3 Å². The summed E-state index contributed by atoms with van der Waals surface area (Å²) in [6.45, 7) is 3.75. The zero-order valence-corrected chi connectivity index (χ0v) is 26.5. The molecule has 0 radical (unpaired) electrons. The van der Waals surface area contributed by atoms with Gasteiger partial charge in [-0.2, -0.15) is 0 Å². The molecule has 4 aliphatic rings. The maximum Gasteiger partial charge on any atom is 0.356 e. The Morgan fingerprint density at radius 3 is 2.17 bits per heavy atom. The average Bonchev–Trinajstić information content (AvgIpc) is 3.82. The minimum Gasteiger partial charge on any atom is -0.464 e. The average molecular weight is 661 g/mol. The molecule has 4 aromatic heterocycles. The van der Waals surface area contributed by atoms with Crippen molar-refractivity contribution in [2.24, 2.45) is 0 Å². The number of pyridine rings is 2. The number of piperidine rings is 2. The van der Waals surface area contributed by atoms with Crippen molar-refractivity contribution in [1.82, 2.24) is 20.3 Å². The van der Waals surface area contributed by atoms with Crippen LogP contribution in [-0.4, -0.2) is 90.7 Å². The molecule has 252 valence electrons. The molecule has 2 saturated heterocycles. The number of ether oxygens (including phenoxy) is 2. The lowest BCUT2D eigenvalue weighted by atomic mass is 10.00. The summed E-state index contributed by atoms with van der Waals surface area (Å²) in [5, 5.41) is 13.1. The molecule has 4 bridgehead atoms. The summed E-state index contributed by atoms with van der Waals surface area (Å²) in [6, 6.07) is 10.3.